The number of likely N-dealkylation sites (tertiary alicyclic amines) is 1. The maximum Gasteiger partial charge on any atom is 0.264 e. The highest BCUT2D eigenvalue weighted by atomic mass is 35.5. The van der Waals surface area contributed by atoms with E-state index in [2.05, 4.69) is 5.32 Å². The number of hydrogen-bond acceptors (Lipinski definition) is 4. The van der Waals surface area contributed by atoms with Crippen molar-refractivity contribution < 1.29 is 22.4 Å². The first-order valence-corrected chi connectivity index (χ1v) is 14.1. The van der Waals surface area contributed by atoms with Gasteiger partial charge >= 0.3 is 0 Å². The van der Waals surface area contributed by atoms with Gasteiger partial charge in [0.2, 0.25) is 5.91 Å². The van der Waals surface area contributed by atoms with Crippen molar-refractivity contribution in [2.75, 3.05) is 23.9 Å². The molecule has 2 amide bonds. The van der Waals surface area contributed by atoms with Crippen LogP contribution in [-0.4, -0.2) is 44.8 Å². The molecule has 0 aromatic heterocycles. The average Bonchev–Trinajstić information content (AvgIpc) is 3.22. The molecule has 3 aromatic rings. The summed E-state index contributed by atoms with van der Waals surface area (Å²) in [5.41, 5.74) is 1.89. The third kappa shape index (κ3) is 4.76. The van der Waals surface area contributed by atoms with Crippen LogP contribution in [0.4, 0.5) is 10.1 Å². The molecule has 5 rings (SSSR count). The van der Waals surface area contributed by atoms with Crippen LogP contribution in [0.3, 0.4) is 0 Å². The molecular weight excluding hydrogens is 529 g/mol. The molecule has 1 saturated heterocycles. The second kappa shape index (κ2) is 10.0. The lowest BCUT2D eigenvalue weighted by molar-refractivity contribution is -0.130. The largest absolute Gasteiger partial charge is 0.348 e. The molecule has 3 aromatic carbocycles. The summed E-state index contributed by atoms with van der Waals surface area (Å²) in [6.07, 6.45) is 1.11. The summed E-state index contributed by atoms with van der Waals surface area (Å²) in [5, 5.41) is 3.44. The number of benzene rings is 3. The molecule has 0 unspecified atom stereocenters. The number of nitrogens with zero attached hydrogens (tertiary/aromatic N) is 2. The Kier molecular flexibility index (Phi) is 6.92. The highest BCUT2D eigenvalue weighted by Gasteiger charge is 2.48. The average molecular weight is 556 g/mol. The van der Waals surface area contributed by atoms with Gasteiger partial charge in [-0.1, -0.05) is 29.8 Å². The summed E-state index contributed by atoms with van der Waals surface area (Å²) < 4.78 is 42.2. The van der Waals surface area contributed by atoms with E-state index in [9.17, 15) is 22.4 Å². The Balaban J connectivity index is 1.49. The fourth-order valence-corrected chi connectivity index (χ4v) is 7.08. The molecule has 0 radical (unpaired) electrons. The zero-order valence-corrected chi connectivity index (χ0v) is 22.4. The number of halogens is 2. The van der Waals surface area contributed by atoms with Crippen molar-refractivity contribution in [1.29, 1.82) is 0 Å². The SMILES string of the molecule is CC(=O)N1CCC2(CC1)CN(S(=O)(=O)c1ccc(F)cc1)c1ccc(C(=O)NCc3ccccc3Cl)cc12. The van der Waals surface area contributed by atoms with E-state index < -0.39 is 21.3 Å². The number of rotatable bonds is 5. The van der Waals surface area contributed by atoms with Gasteiger partial charge in [-0.15, -0.1) is 0 Å². The molecule has 198 valence electrons. The molecule has 0 aliphatic carbocycles. The Bertz CT molecular complexity index is 1500. The van der Waals surface area contributed by atoms with E-state index in [1.807, 2.05) is 18.2 Å². The van der Waals surface area contributed by atoms with Crippen LogP contribution in [0.25, 0.3) is 0 Å². The first-order valence-electron chi connectivity index (χ1n) is 12.3. The molecule has 0 bridgehead atoms. The van der Waals surface area contributed by atoms with Crippen molar-refractivity contribution in [1.82, 2.24) is 10.2 Å². The lowest BCUT2D eigenvalue weighted by Crippen LogP contribution is -2.47. The van der Waals surface area contributed by atoms with Gasteiger partial charge in [0.25, 0.3) is 15.9 Å². The molecule has 7 nitrogen and oxygen atoms in total. The normalized spacial score (nSPS) is 16.4. The number of amides is 2. The quantitative estimate of drug-likeness (QED) is 0.502. The van der Waals surface area contributed by atoms with E-state index >= 15 is 0 Å². The number of anilines is 1. The van der Waals surface area contributed by atoms with Crippen molar-refractivity contribution >= 4 is 39.1 Å². The maximum absolute atomic E-state index is 13.7. The van der Waals surface area contributed by atoms with Gasteiger partial charge in [-0.3, -0.25) is 13.9 Å². The smallest absolute Gasteiger partial charge is 0.264 e. The van der Waals surface area contributed by atoms with Crippen LogP contribution in [0.1, 0.15) is 41.3 Å². The van der Waals surface area contributed by atoms with Gasteiger partial charge in [0.1, 0.15) is 5.82 Å². The second-order valence-electron chi connectivity index (χ2n) is 9.76. The van der Waals surface area contributed by atoms with E-state index in [1.165, 1.54) is 23.4 Å². The topological polar surface area (TPSA) is 86.8 Å². The lowest BCUT2D eigenvalue weighted by atomic mass is 9.74. The lowest BCUT2D eigenvalue weighted by Gasteiger charge is -2.39. The number of piperidine rings is 1. The standard InChI is InChI=1S/C28H27ClFN3O4S/c1-19(34)32-14-12-28(13-15-32)18-33(38(36,37)23-9-7-22(30)8-10-23)26-11-6-20(16-24(26)28)27(35)31-17-21-4-2-3-5-25(21)29/h2-11,16H,12-15,17-18H2,1H3,(H,31,35). The van der Waals surface area contributed by atoms with Crippen molar-refractivity contribution in [3.8, 4) is 0 Å². The molecular formula is C28H27ClFN3O4S. The Morgan fingerprint density at radius 3 is 2.37 bits per heavy atom. The molecule has 1 fully saturated rings. The number of fused-ring (bicyclic) bond motifs is 2. The van der Waals surface area contributed by atoms with Crippen molar-refractivity contribution in [3.05, 3.63) is 94.3 Å². The molecule has 2 aliphatic heterocycles. The number of nitrogens with one attached hydrogen (secondary N) is 1. The summed E-state index contributed by atoms with van der Waals surface area (Å²) >= 11 is 6.22. The predicted octanol–water partition coefficient (Wildman–Crippen LogP) is 4.50. The van der Waals surface area contributed by atoms with Gasteiger partial charge in [-0.25, -0.2) is 12.8 Å². The Morgan fingerprint density at radius 2 is 1.71 bits per heavy atom. The summed E-state index contributed by atoms with van der Waals surface area (Å²) in [6, 6.07) is 17.0. The minimum atomic E-state index is -3.99. The van der Waals surface area contributed by atoms with E-state index in [1.54, 1.807) is 29.2 Å². The third-order valence-electron chi connectivity index (χ3n) is 7.51. The third-order valence-corrected chi connectivity index (χ3v) is 9.65. The fraction of sp³-hybridized carbons (Fsp3) is 0.286. The number of carbonyl (C=O) groups is 2. The molecule has 2 heterocycles. The van der Waals surface area contributed by atoms with Gasteiger partial charge in [0, 0.05) is 49.1 Å². The van der Waals surface area contributed by atoms with Crippen molar-refractivity contribution in [2.45, 2.75) is 36.6 Å². The van der Waals surface area contributed by atoms with Gasteiger partial charge in [0.05, 0.1) is 10.6 Å². The minimum absolute atomic E-state index is 0.00960. The zero-order chi connectivity index (χ0) is 27.1. The van der Waals surface area contributed by atoms with Gasteiger partial charge in [-0.2, -0.15) is 0 Å². The monoisotopic (exact) mass is 555 g/mol. The molecule has 1 N–H and O–H groups in total. The highest BCUT2D eigenvalue weighted by Crippen LogP contribution is 2.49. The van der Waals surface area contributed by atoms with Crippen LogP contribution in [0, 0.1) is 5.82 Å². The summed E-state index contributed by atoms with van der Waals surface area (Å²) in [5.74, 6) is -0.850. The summed E-state index contributed by atoms with van der Waals surface area (Å²) in [6.45, 7) is 2.93. The molecule has 10 heteroatoms. The summed E-state index contributed by atoms with van der Waals surface area (Å²) in [7, 11) is -3.99. The highest BCUT2D eigenvalue weighted by molar-refractivity contribution is 7.92. The fourth-order valence-electron chi connectivity index (χ4n) is 5.31. The van der Waals surface area contributed by atoms with Gasteiger partial charge in [-0.05, 0) is 72.5 Å². The zero-order valence-electron chi connectivity index (χ0n) is 20.8. The van der Waals surface area contributed by atoms with E-state index in [4.69, 9.17) is 11.6 Å². The Labute approximate surface area is 226 Å². The van der Waals surface area contributed by atoms with Crippen LogP contribution < -0.4 is 9.62 Å². The Morgan fingerprint density at radius 1 is 1.03 bits per heavy atom. The van der Waals surface area contributed by atoms with Crippen molar-refractivity contribution in [3.63, 3.8) is 0 Å². The van der Waals surface area contributed by atoms with Crippen LogP contribution in [0.2, 0.25) is 5.02 Å². The van der Waals surface area contributed by atoms with E-state index in [0.29, 0.717) is 42.2 Å². The molecule has 38 heavy (non-hydrogen) atoms. The predicted molar refractivity (Wildman–Crippen MR) is 143 cm³/mol. The van der Waals surface area contributed by atoms with Gasteiger partial charge in [0.15, 0.2) is 0 Å². The maximum atomic E-state index is 13.7. The van der Waals surface area contributed by atoms with Crippen LogP contribution >= 0.6 is 11.6 Å². The van der Waals surface area contributed by atoms with Crippen LogP contribution in [0.15, 0.2) is 71.6 Å². The van der Waals surface area contributed by atoms with Crippen LogP contribution in [0.5, 0.6) is 0 Å². The second-order valence-corrected chi connectivity index (χ2v) is 12.0. The first kappa shape index (κ1) is 26.2. The van der Waals surface area contributed by atoms with Crippen molar-refractivity contribution in [2.24, 2.45) is 0 Å². The number of carbonyl (C=O) groups excluding carboxylic acids is 2. The molecule has 1 spiro atoms. The number of hydrogen-bond donors (Lipinski definition) is 1. The van der Waals surface area contributed by atoms with Crippen LogP contribution in [-0.2, 0) is 26.8 Å². The first-order chi connectivity index (χ1) is 18.1. The Hall–Kier alpha value is -3.43. The van der Waals surface area contributed by atoms with E-state index in [0.717, 1.165) is 23.3 Å². The number of sulfonamides is 1. The minimum Gasteiger partial charge on any atom is -0.348 e. The summed E-state index contributed by atoms with van der Waals surface area (Å²) in [4.78, 5) is 26.8. The van der Waals surface area contributed by atoms with E-state index in [-0.39, 0.29) is 29.8 Å². The molecule has 2 aliphatic rings. The molecule has 0 saturated carbocycles. The molecule has 0 atom stereocenters. The van der Waals surface area contributed by atoms with Gasteiger partial charge < -0.3 is 10.2 Å².